The van der Waals surface area contributed by atoms with E-state index in [0.717, 1.165) is 0 Å². The molecule has 112 valence electrons. The third-order valence-corrected chi connectivity index (χ3v) is 3.84. The standard InChI is InChI=1S/C18H23NO2/c1-12(2)17(18(20)21-4)19-13(3)15-11-7-9-14-8-5-6-10-16(14)15/h5-13,17,19H,1-4H3/t13?,17-/m0/s1. The van der Waals surface area contributed by atoms with Crippen molar-refractivity contribution in [2.45, 2.75) is 32.9 Å². The molecule has 0 amide bonds. The first kappa shape index (κ1) is 15.5. The van der Waals surface area contributed by atoms with Gasteiger partial charge < -0.3 is 4.74 Å². The summed E-state index contributed by atoms with van der Waals surface area (Å²) >= 11 is 0. The third-order valence-electron chi connectivity index (χ3n) is 3.84. The van der Waals surface area contributed by atoms with Crippen LogP contribution in [0.15, 0.2) is 42.5 Å². The van der Waals surface area contributed by atoms with E-state index in [4.69, 9.17) is 4.74 Å². The number of benzene rings is 2. The van der Waals surface area contributed by atoms with E-state index in [-0.39, 0.29) is 24.0 Å². The number of hydrogen-bond donors (Lipinski definition) is 1. The summed E-state index contributed by atoms with van der Waals surface area (Å²) in [6.45, 7) is 6.12. The lowest BCUT2D eigenvalue weighted by atomic mass is 9.97. The van der Waals surface area contributed by atoms with Gasteiger partial charge in [-0.3, -0.25) is 10.1 Å². The zero-order chi connectivity index (χ0) is 15.4. The van der Waals surface area contributed by atoms with Gasteiger partial charge in [-0.1, -0.05) is 56.3 Å². The van der Waals surface area contributed by atoms with Crippen molar-refractivity contribution in [3.8, 4) is 0 Å². The zero-order valence-electron chi connectivity index (χ0n) is 13.1. The SMILES string of the molecule is COC(=O)[C@@H](NC(C)c1cccc2ccccc12)C(C)C. The van der Waals surface area contributed by atoms with Crippen molar-refractivity contribution in [2.75, 3.05) is 7.11 Å². The quantitative estimate of drug-likeness (QED) is 0.851. The van der Waals surface area contributed by atoms with Gasteiger partial charge in [0.2, 0.25) is 0 Å². The highest BCUT2D eigenvalue weighted by Crippen LogP contribution is 2.25. The second-order valence-corrected chi connectivity index (χ2v) is 5.70. The van der Waals surface area contributed by atoms with Crippen LogP contribution >= 0.6 is 0 Å². The van der Waals surface area contributed by atoms with Gasteiger partial charge in [0, 0.05) is 6.04 Å². The Hall–Kier alpha value is -1.87. The Balaban J connectivity index is 2.29. The minimum atomic E-state index is -0.302. The van der Waals surface area contributed by atoms with Crippen LogP contribution in [0.4, 0.5) is 0 Å². The highest BCUT2D eigenvalue weighted by Gasteiger charge is 2.25. The first-order chi connectivity index (χ1) is 10.0. The molecule has 0 fully saturated rings. The minimum absolute atomic E-state index is 0.0719. The maximum atomic E-state index is 11.9. The highest BCUT2D eigenvalue weighted by atomic mass is 16.5. The fourth-order valence-electron chi connectivity index (χ4n) is 2.65. The predicted octanol–water partition coefficient (Wildman–Crippen LogP) is 3.69. The van der Waals surface area contributed by atoms with Gasteiger partial charge in [0.1, 0.15) is 6.04 Å². The summed E-state index contributed by atoms with van der Waals surface area (Å²) in [7, 11) is 1.43. The first-order valence-electron chi connectivity index (χ1n) is 7.36. The van der Waals surface area contributed by atoms with Crippen LogP contribution in [-0.4, -0.2) is 19.1 Å². The minimum Gasteiger partial charge on any atom is -0.468 e. The molecule has 1 unspecified atom stereocenters. The Labute approximate surface area is 126 Å². The van der Waals surface area contributed by atoms with Crippen LogP contribution in [0.5, 0.6) is 0 Å². The van der Waals surface area contributed by atoms with E-state index in [2.05, 4.69) is 42.6 Å². The van der Waals surface area contributed by atoms with Crippen LogP contribution in [0, 0.1) is 5.92 Å². The smallest absolute Gasteiger partial charge is 0.323 e. The van der Waals surface area contributed by atoms with E-state index in [9.17, 15) is 4.79 Å². The molecule has 1 N–H and O–H groups in total. The number of carbonyl (C=O) groups is 1. The van der Waals surface area contributed by atoms with Crippen molar-refractivity contribution in [1.29, 1.82) is 0 Å². The predicted molar refractivity (Wildman–Crippen MR) is 86.1 cm³/mol. The van der Waals surface area contributed by atoms with Crippen molar-refractivity contribution in [1.82, 2.24) is 5.32 Å². The highest BCUT2D eigenvalue weighted by molar-refractivity contribution is 5.86. The van der Waals surface area contributed by atoms with Gasteiger partial charge >= 0.3 is 5.97 Å². The van der Waals surface area contributed by atoms with Crippen molar-refractivity contribution in [3.05, 3.63) is 48.0 Å². The first-order valence-corrected chi connectivity index (χ1v) is 7.36. The molecule has 21 heavy (non-hydrogen) atoms. The molecule has 2 aromatic carbocycles. The molecular weight excluding hydrogens is 262 g/mol. The molecule has 0 saturated heterocycles. The maximum absolute atomic E-state index is 11.9. The number of rotatable bonds is 5. The maximum Gasteiger partial charge on any atom is 0.323 e. The van der Waals surface area contributed by atoms with Crippen molar-refractivity contribution in [3.63, 3.8) is 0 Å². The molecule has 0 bridgehead atoms. The van der Waals surface area contributed by atoms with Crippen molar-refractivity contribution < 1.29 is 9.53 Å². The molecule has 2 aromatic rings. The Morgan fingerprint density at radius 3 is 2.38 bits per heavy atom. The Morgan fingerprint density at radius 2 is 1.71 bits per heavy atom. The van der Waals surface area contributed by atoms with Crippen LogP contribution < -0.4 is 5.32 Å². The number of nitrogens with one attached hydrogen (secondary N) is 1. The van der Waals surface area contributed by atoms with Gasteiger partial charge in [-0.05, 0) is 29.2 Å². The monoisotopic (exact) mass is 285 g/mol. The van der Waals surface area contributed by atoms with Crippen molar-refractivity contribution >= 4 is 16.7 Å². The molecule has 0 heterocycles. The summed E-state index contributed by atoms with van der Waals surface area (Å²) in [6.07, 6.45) is 0. The van der Waals surface area contributed by atoms with Gasteiger partial charge in [0.25, 0.3) is 0 Å². The molecule has 0 aliphatic carbocycles. The lowest BCUT2D eigenvalue weighted by Crippen LogP contribution is -2.43. The average Bonchev–Trinajstić information content (AvgIpc) is 2.50. The molecule has 2 rings (SSSR count). The average molecular weight is 285 g/mol. The number of fused-ring (bicyclic) bond motifs is 1. The van der Waals surface area contributed by atoms with Gasteiger partial charge in [0.05, 0.1) is 7.11 Å². The Kier molecular flexibility index (Phi) is 4.97. The molecular formula is C18H23NO2. The second-order valence-electron chi connectivity index (χ2n) is 5.70. The Bertz CT molecular complexity index is 616. The molecule has 0 aromatic heterocycles. The van der Waals surface area contributed by atoms with E-state index >= 15 is 0 Å². The largest absolute Gasteiger partial charge is 0.468 e. The van der Waals surface area contributed by atoms with E-state index < -0.39 is 0 Å². The van der Waals surface area contributed by atoms with Crippen LogP contribution in [0.1, 0.15) is 32.4 Å². The number of ether oxygens (including phenoxy) is 1. The van der Waals surface area contributed by atoms with Crippen molar-refractivity contribution in [2.24, 2.45) is 5.92 Å². The zero-order valence-corrected chi connectivity index (χ0v) is 13.1. The lowest BCUT2D eigenvalue weighted by molar-refractivity contribution is -0.144. The fourth-order valence-corrected chi connectivity index (χ4v) is 2.65. The van der Waals surface area contributed by atoms with Crippen LogP contribution in [-0.2, 0) is 9.53 Å². The molecule has 0 spiro atoms. The molecule has 0 saturated carbocycles. The normalized spacial score (nSPS) is 14.1. The van der Waals surface area contributed by atoms with E-state index in [1.807, 2.05) is 26.0 Å². The summed E-state index contributed by atoms with van der Waals surface area (Å²) in [5.41, 5.74) is 1.20. The Morgan fingerprint density at radius 1 is 1.05 bits per heavy atom. The van der Waals surface area contributed by atoms with Crippen LogP contribution in [0.2, 0.25) is 0 Å². The number of methoxy groups -OCH3 is 1. The van der Waals surface area contributed by atoms with Gasteiger partial charge in [-0.2, -0.15) is 0 Å². The van der Waals surface area contributed by atoms with Gasteiger partial charge in [0.15, 0.2) is 0 Å². The summed E-state index contributed by atoms with van der Waals surface area (Å²) in [4.78, 5) is 11.9. The number of hydrogen-bond acceptors (Lipinski definition) is 3. The van der Waals surface area contributed by atoms with E-state index in [1.165, 1.54) is 23.4 Å². The van der Waals surface area contributed by atoms with Crippen LogP contribution in [0.3, 0.4) is 0 Å². The van der Waals surface area contributed by atoms with E-state index in [0.29, 0.717) is 0 Å². The lowest BCUT2D eigenvalue weighted by Gasteiger charge is -2.25. The molecule has 2 atom stereocenters. The summed E-state index contributed by atoms with van der Waals surface area (Å²) in [5, 5.41) is 5.83. The van der Waals surface area contributed by atoms with Gasteiger partial charge in [-0.25, -0.2) is 0 Å². The van der Waals surface area contributed by atoms with Crippen LogP contribution in [0.25, 0.3) is 10.8 Å². The molecule has 0 aliphatic heterocycles. The third kappa shape index (κ3) is 3.42. The fraction of sp³-hybridized carbons (Fsp3) is 0.389. The molecule has 0 radical (unpaired) electrons. The second kappa shape index (κ2) is 6.72. The number of esters is 1. The number of carbonyl (C=O) groups excluding carboxylic acids is 1. The molecule has 3 nitrogen and oxygen atoms in total. The topological polar surface area (TPSA) is 38.3 Å². The summed E-state index contributed by atoms with van der Waals surface area (Å²) < 4.78 is 4.90. The summed E-state index contributed by atoms with van der Waals surface area (Å²) in [5.74, 6) is -0.0352. The molecule has 3 heteroatoms. The molecule has 0 aliphatic rings. The summed E-state index contributed by atoms with van der Waals surface area (Å²) in [6, 6.07) is 14.3. The van der Waals surface area contributed by atoms with Gasteiger partial charge in [-0.15, -0.1) is 0 Å². The van der Waals surface area contributed by atoms with E-state index in [1.54, 1.807) is 0 Å².